The van der Waals surface area contributed by atoms with Gasteiger partial charge in [-0.1, -0.05) is 31.0 Å². The van der Waals surface area contributed by atoms with E-state index in [0.717, 1.165) is 31.0 Å². The van der Waals surface area contributed by atoms with Gasteiger partial charge in [-0.15, -0.1) is 0 Å². The maximum Gasteiger partial charge on any atom is 0.238 e. The number of anilines is 1. The van der Waals surface area contributed by atoms with Gasteiger partial charge in [0.05, 0.1) is 6.54 Å². The van der Waals surface area contributed by atoms with E-state index in [2.05, 4.69) is 17.1 Å². The van der Waals surface area contributed by atoms with Gasteiger partial charge in [0, 0.05) is 23.3 Å². The number of nitrogens with zero attached hydrogens (tertiary/aromatic N) is 1. The predicted molar refractivity (Wildman–Crippen MR) is 87.5 cm³/mol. The number of halogens is 1. The summed E-state index contributed by atoms with van der Waals surface area (Å²) in [5.74, 6) is 0.733. The van der Waals surface area contributed by atoms with Gasteiger partial charge in [0.2, 0.25) is 5.91 Å². The maximum atomic E-state index is 12.2. The van der Waals surface area contributed by atoms with Gasteiger partial charge >= 0.3 is 0 Å². The third kappa shape index (κ3) is 4.70. The number of piperidine rings is 1. The molecule has 3 N–H and O–H groups in total. The number of carbonyl (C=O) groups excluding carboxylic acids is 1. The molecule has 1 aliphatic rings. The fourth-order valence-electron chi connectivity index (χ4n) is 2.96. The third-order valence-corrected chi connectivity index (χ3v) is 4.49. The molecule has 5 heteroatoms. The number of carbonyl (C=O) groups is 1. The summed E-state index contributed by atoms with van der Waals surface area (Å²) in [5, 5.41) is 3.52. The zero-order valence-corrected chi connectivity index (χ0v) is 13.3. The average Bonchev–Trinajstić information content (AvgIpc) is 2.47. The Morgan fingerprint density at radius 3 is 3.00 bits per heavy atom. The van der Waals surface area contributed by atoms with Gasteiger partial charge in [-0.25, -0.2) is 0 Å². The Kier molecular flexibility index (Phi) is 6.03. The highest BCUT2D eigenvalue weighted by molar-refractivity contribution is 6.30. The van der Waals surface area contributed by atoms with Crippen LogP contribution in [0.3, 0.4) is 0 Å². The summed E-state index contributed by atoms with van der Waals surface area (Å²) < 4.78 is 0. The molecule has 0 bridgehead atoms. The Morgan fingerprint density at radius 2 is 2.33 bits per heavy atom. The van der Waals surface area contributed by atoms with Gasteiger partial charge in [0.1, 0.15) is 0 Å². The Balaban J connectivity index is 1.89. The van der Waals surface area contributed by atoms with Gasteiger partial charge in [0.15, 0.2) is 0 Å². The molecule has 2 atom stereocenters. The normalized spacial score (nSPS) is 23.0. The first-order chi connectivity index (χ1) is 10.1. The SMILES string of the molecule is CCC1CCN(CC(=O)Nc2cccc(Cl)c2)C(CN)C1. The summed E-state index contributed by atoms with van der Waals surface area (Å²) in [6.07, 6.45) is 3.44. The third-order valence-electron chi connectivity index (χ3n) is 4.25. The number of likely N-dealkylation sites (tertiary alicyclic amines) is 1. The van der Waals surface area contributed by atoms with Crippen molar-refractivity contribution in [2.45, 2.75) is 32.2 Å². The van der Waals surface area contributed by atoms with Crippen molar-refractivity contribution in [3.05, 3.63) is 29.3 Å². The highest BCUT2D eigenvalue weighted by Crippen LogP contribution is 2.24. The van der Waals surface area contributed by atoms with Crippen LogP contribution in [0.2, 0.25) is 5.02 Å². The molecule has 1 fully saturated rings. The highest BCUT2D eigenvalue weighted by atomic mass is 35.5. The molecule has 1 aromatic carbocycles. The first-order valence-corrected chi connectivity index (χ1v) is 7.99. The zero-order valence-electron chi connectivity index (χ0n) is 12.5. The molecule has 1 aromatic rings. The first kappa shape index (κ1) is 16.3. The lowest BCUT2D eigenvalue weighted by Gasteiger charge is -2.38. The van der Waals surface area contributed by atoms with Crippen molar-refractivity contribution in [1.29, 1.82) is 0 Å². The minimum atomic E-state index is -0.00864. The van der Waals surface area contributed by atoms with Crippen LogP contribution in [0.15, 0.2) is 24.3 Å². The number of hydrogen-bond donors (Lipinski definition) is 2. The van der Waals surface area contributed by atoms with Crippen LogP contribution in [0, 0.1) is 5.92 Å². The molecule has 0 radical (unpaired) electrons. The van der Waals surface area contributed by atoms with E-state index in [4.69, 9.17) is 17.3 Å². The molecule has 2 rings (SSSR count). The monoisotopic (exact) mass is 309 g/mol. The highest BCUT2D eigenvalue weighted by Gasteiger charge is 2.27. The molecule has 0 aromatic heterocycles. The number of benzene rings is 1. The second kappa shape index (κ2) is 7.78. The summed E-state index contributed by atoms with van der Waals surface area (Å²) >= 11 is 5.92. The minimum Gasteiger partial charge on any atom is -0.329 e. The van der Waals surface area contributed by atoms with Crippen LogP contribution in [-0.2, 0) is 4.79 Å². The number of rotatable bonds is 5. The lowest BCUT2D eigenvalue weighted by Crippen LogP contribution is -2.49. The van der Waals surface area contributed by atoms with Crippen LogP contribution >= 0.6 is 11.6 Å². The Labute approximate surface area is 131 Å². The van der Waals surface area contributed by atoms with E-state index in [1.807, 2.05) is 12.1 Å². The molecule has 0 saturated carbocycles. The topological polar surface area (TPSA) is 58.4 Å². The quantitative estimate of drug-likeness (QED) is 0.879. The molecular formula is C16H24ClN3O. The second-order valence-corrected chi connectivity index (χ2v) is 6.15. The molecule has 1 aliphatic heterocycles. The molecule has 1 heterocycles. The van der Waals surface area contributed by atoms with Gasteiger partial charge in [-0.3, -0.25) is 9.69 Å². The van der Waals surface area contributed by atoms with Crippen LogP contribution in [0.25, 0.3) is 0 Å². The van der Waals surface area contributed by atoms with E-state index in [-0.39, 0.29) is 5.91 Å². The fourth-order valence-corrected chi connectivity index (χ4v) is 3.15. The standard InChI is InChI=1S/C16H24ClN3O/c1-2-12-6-7-20(15(8-12)10-18)11-16(21)19-14-5-3-4-13(17)9-14/h3-5,9,12,15H,2,6-8,10-11,18H2,1H3,(H,19,21). The van der Waals surface area contributed by atoms with Crippen LogP contribution < -0.4 is 11.1 Å². The number of nitrogens with two attached hydrogens (primary N) is 1. The van der Waals surface area contributed by atoms with E-state index < -0.39 is 0 Å². The summed E-state index contributed by atoms with van der Waals surface area (Å²) in [6.45, 7) is 4.18. The van der Waals surface area contributed by atoms with Crippen molar-refractivity contribution in [3.63, 3.8) is 0 Å². The fraction of sp³-hybridized carbons (Fsp3) is 0.562. The van der Waals surface area contributed by atoms with E-state index in [1.165, 1.54) is 6.42 Å². The summed E-state index contributed by atoms with van der Waals surface area (Å²) in [4.78, 5) is 14.4. The summed E-state index contributed by atoms with van der Waals surface area (Å²) in [7, 11) is 0. The molecule has 1 saturated heterocycles. The molecule has 1 amide bonds. The predicted octanol–water partition coefficient (Wildman–Crippen LogP) is 2.73. The summed E-state index contributed by atoms with van der Waals surface area (Å²) in [6, 6.07) is 7.52. The van der Waals surface area contributed by atoms with Crippen molar-refractivity contribution >= 4 is 23.2 Å². The van der Waals surface area contributed by atoms with E-state index in [9.17, 15) is 4.79 Å². The molecule has 116 valence electrons. The zero-order chi connectivity index (χ0) is 15.2. The molecule has 2 unspecified atom stereocenters. The smallest absolute Gasteiger partial charge is 0.238 e. The van der Waals surface area contributed by atoms with Crippen LogP contribution in [0.1, 0.15) is 26.2 Å². The van der Waals surface area contributed by atoms with Crippen LogP contribution in [-0.4, -0.2) is 36.5 Å². The first-order valence-electron chi connectivity index (χ1n) is 7.62. The molecular weight excluding hydrogens is 286 g/mol. The van der Waals surface area contributed by atoms with Gasteiger partial charge in [-0.05, 0) is 43.5 Å². The van der Waals surface area contributed by atoms with Crippen molar-refractivity contribution in [1.82, 2.24) is 4.90 Å². The minimum absolute atomic E-state index is 0.00864. The number of amides is 1. The Hall–Kier alpha value is -1.10. The second-order valence-electron chi connectivity index (χ2n) is 5.72. The van der Waals surface area contributed by atoms with Gasteiger partial charge in [-0.2, -0.15) is 0 Å². The molecule has 0 spiro atoms. The van der Waals surface area contributed by atoms with Gasteiger partial charge < -0.3 is 11.1 Å². The largest absolute Gasteiger partial charge is 0.329 e. The molecule has 4 nitrogen and oxygen atoms in total. The van der Waals surface area contributed by atoms with Crippen molar-refractivity contribution in [2.75, 3.05) is 25.0 Å². The lowest BCUT2D eigenvalue weighted by molar-refractivity contribution is -0.118. The number of hydrogen-bond acceptors (Lipinski definition) is 3. The van der Waals surface area contributed by atoms with Crippen LogP contribution in [0.4, 0.5) is 5.69 Å². The van der Waals surface area contributed by atoms with Crippen molar-refractivity contribution in [2.24, 2.45) is 11.7 Å². The van der Waals surface area contributed by atoms with Gasteiger partial charge in [0.25, 0.3) is 0 Å². The Bertz CT molecular complexity index is 480. The molecule has 0 aliphatic carbocycles. The van der Waals surface area contributed by atoms with Crippen LogP contribution in [0.5, 0.6) is 0 Å². The lowest BCUT2D eigenvalue weighted by atomic mass is 9.89. The van der Waals surface area contributed by atoms with E-state index in [1.54, 1.807) is 12.1 Å². The average molecular weight is 310 g/mol. The summed E-state index contributed by atoms with van der Waals surface area (Å²) in [5.41, 5.74) is 6.60. The van der Waals surface area contributed by atoms with E-state index in [0.29, 0.717) is 24.2 Å². The Morgan fingerprint density at radius 1 is 1.52 bits per heavy atom. The van der Waals surface area contributed by atoms with Crippen molar-refractivity contribution in [3.8, 4) is 0 Å². The van der Waals surface area contributed by atoms with Crippen molar-refractivity contribution < 1.29 is 4.79 Å². The number of nitrogens with one attached hydrogen (secondary N) is 1. The molecule has 21 heavy (non-hydrogen) atoms. The maximum absolute atomic E-state index is 12.2. The van der Waals surface area contributed by atoms with E-state index >= 15 is 0 Å².